The molecule has 0 heterocycles. The minimum Gasteiger partial charge on any atom is -0.361 e. The first-order chi connectivity index (χ1) is 14.3. The lowest BCUT2D eigenvalue weighted by Crippen LogP contribution is -2.20. The quantitative estimate of drug-likeness (QED) is 0.512. The van der Waals surface area contributed by atoms with E-state index in [1.807, 2.05) is 26.0 Å². The van der Waals surface area contributed by atoms with E-state index < -0.39 is 26.2 Å². The average molecular weight is 473 g/mol. The first-order valence-corrected chi connectivity index (χ1v) is 12.4. The van der Waals surface area contributed by atoms with Crippen molar-refractivity contribution in [2.24, 2.45) is 0 Å². The first kappa shape index (κ1) is 25.1. The van der Waals surface area contributed by atoms with Gasteiger partial charge in [-0.3, -0.25) is 0 Å². The summed E-state index contributed by atoms with van der Waals surface area (Å²) in [5.74, 6) is 0.378. The molecule has 10 heteroatoms. The van der Waals surface area contributed by atoms with Gasteiger partial charge in [-0.15, -0.1) is 0 Å². The van der Waals surface area contributed by atoms with Crippen LogP contribution in [-0.4, -0.2) is 30.0 Å². The summed E-state index contributed by atoms with van der Waals surface area (Å²) in [6.45, 7) is 10.6. The molecular weight excluding hydrogens is 444 g/mol. The maximum absolute atomic E-state index is 11.8. The summed E-state index contributed by atoms with van der Waals surface area (Å²) in [6, 6.07) is 10.4. The molecule has 0 aliphatic rings. The van der Waals surface area contributed by atoms with E-state index in [0.717, 1.165) is 11.1 Å². The number of hydrogen-bond donors (Lipinski definition) is 0. The van der Waals surface area contributed by atoms with Gasteiger partial charge in [0.2, 0.25) is 0 Å². The zero-order valence-corrected chi connectivity index (χ0v) is 20.1. The van der Waals surface area contributed by atoms with E-state index in [2.05, 4.69) is 8.37 Å². The van der Waals surface area contributed by atoms with Crippen molar-refractivity contribution in [2.75, 3.05) is 13.2 Å². The van der Waals surface area contributed by atoms with Crippen LogP contribution in [0.1, 0.15) is 49.9 Å². The molecule has 0 amide bonds. The third kappa shape index (κ3) is 6.42. The van der Waals surface area contributed by atoms with Gasteiger partial charge in [-0.05, 0) is 62.1 Å². The molecule has 8 nitrogen and oxygen atoms in total. The lowest BCUT2D eigenvalue weighted by molar-refractivity contribution is 0.286. The molecule has 0 aliphatic carbocycles. The Balaban J connectivity index is 2.33. The van der Waals surface area contributed by atoms with Gasteiger partial charge >= 0.3 is 20.8 Å². The number of hydrogen-bond acceptors (Lipinski definition) is 8. The van der Waals surface area contributed by atoms with Crippen molar-refractivity contribution in [1.29, 1.82) is 0 Å². The van der Waals surface area contributed by atoms with Crippen molar-refractivity contribution in [1.82, 2.24) is 0 Å². The maximum atomic E-state index is 11.8. The monoisotopic (exact) mass is 472 g/mol. The van der Waals surface area contributed by atoms with Crippen LogP contribution in [0.2, 0.25) is 0 Å². The highest BCUT2D eigenvalue weighted by Crippen LogP contribution is 2.36. The zero-order valence-electron chi connectivity index (χ0n) is 18.5. The van der Waals surface area contributed by atoms with E-state index in [-0.39, 0.29) is 24.7 Å². The van der Waals surface area contributed by atoms with Crippen molar-refractivity contribution in [2.45, 2.75) is 47.0 Å². The Morgan fingerprint density at radius 3 is 1.35 bits per heavy atom. The number of aryl methyl sites for hydroxylation is 2. The van der Waals surface area contributed by atoms with Gasteiger partial charge < -0.3 is 8.37 Å². The van der Waals surface area contributed by atoms with Crippen molar-refractivity contribution >= 4 is 20.8 Å². The second-order valence-corrected chi connectivity index (χ2v) is 9.82. The summed E-state index contributed by atoms with van der Waals surface area (Å²) in [7, 11) is -8.22. The largest absolute Gasteiger partial charge is 0.449 e. The number of benzene rings is 2. The maximum Gasteiger partial charge on any atom is 0.449 e. The Morgan fingerprint density at radius 2 is 1.06 bits per heavy atom. The van der Waals surface area contributed by atoms with Gasteiger partial charge in [0.05, 0.1) is 13.2 Å². The van der Waals surface area contributed by atoms with E-state index in [9.17, 15) is 16.8 Å². The molecule has 0 atom stereocenters. The predicted octanol–water partition coefficient (Wildman–Crippen LogP) is 3.95. The minimum absolute atomic E-state index is 0.0164. The van der Waals surface area contributed by atoms with Gasteiger partial charge in [0.1, 0.15) is 11.5 Å². The molecule has 0 spiro atoms. The molecule has 172 valence electrons. The van der Waals surface area contributed by atoms with Crippen LogP contribution >= 0.6 is 0 Å². The van der Waals surface area contributed by atoms with Crippen LogP contribution in [0.25, 0.3) is 0 Å². The fourth-order valence-electron chi connectivity index (χ4n) is 2.99. The Morgan fingerprint density at radius 1 is 0.710 bits per heavy atom. The molecule has 0 fully saturated rings. The van der Waals surface area contributed by atoms with E-state index in [0.29, 0.717) is 11.1 Å². The molecule has 0 aromatic heterocycles. The van der Waals surface area contributed by atoms with Crippen LogP contribution in [0.5, 0.6) is 11.5 Å². The summed E-state index contributed by atoms with van der Waals surface area (Å²) >= 11 is 0. The van der Waals surface area contributed by atoms with Gasteiger partial charge in [-0.1, -0.05) is 38.1 Å². The Bertz CT molecular complexity index is 1050. The molecule has 31 heavy (non-hydrogen) atoms. The summed E-state index contributed by atoms with van der Waals surface area (Å²) in [4.78, 5) is 0. The Kier molecular flexibility index (Phi) is 7.75. The van der Waals surface area contributed by atoms with Crippen molar-refractivity contribution in [3.8, 4) is 11.5 Å². The molecule has 0 saturated heterocycles. The van der Waals surface area contributed by atoms with Crippen LogP contribution in [0.15, 0.2) is 36.4 Å². The van der Waals surface area contributed by atoms with E-state index >= 15 is 0 Å². The normalized spacial score (nSPS) is 12.6. The fourth-order valence-corrected chi connectivity index (χ4v) is 4.47. The third-order valence-electron chi connectivity index (χ3n) is 4.70. The molecule has 0 N–H and O–H groups in total. The highest BCUT2D eigenvalue weighted by Gasteiger charge is 2.26. The summed E-state index contributed by atoms with van der Waals surface area (Å²) in [6.07, 6.45) is 0. The fraction of sp³-hybridized carbons (Fsp3) is 0.429. The van der Waals surface area contributed by atoms with Gasteiger partial charge in [-0.2, -0.15) is 16.8 Å². The highest BCUT2D eigenvalue weighted by molar-refractivity contribution is 7.82. The van der Waals surface area contributed by atoms with Crippen LogP contribution < -0.4 is 8.37 Å². The second-order valence-electron chi connectivity index (χ2n) is 7.38. The van der Waals surface area contributed by atoms with Crippen LogP contribution in [0.3, 0.4) is 0 Å². The molecule has 2 rings (SSSR count). The van der Waals surface area contributed by atoms with Gasteiger partial charge in [0.25, 0.3) is 0 Å². The smallest absolute Gasteiger partial charge is 0.361 e. The third-order valence-corrected chi connectivity index (χ3v) is 6.52. The zero-order chi connectivity index (χ0) is 23.4. The van der Waals surface area contributed by atoms with Crippen molar-refractivity contribution < 1.29 is 33.6 Å². The standard InChI is InChI=1S/C21H28O8S2/c1-7-26-30(22,23)28-19-11-9-17(13-15(19)3)21(5,6)18-10-12-20(16(4)14-18)29-31(24,25)27-8-2/h9-14H,7-8H2,1-6H3. The first-order valence-electron chi connectivity index (χ1n) is 9.71. The van der Waals surface area contributed by atoms with Crippen molar-refractivity contribution in [3.63, 3.8) is 0 Å². The SMILES string of the molecule is CCOS(=O)(=O)Oc1ccc(C(C)(C)c2ccc(OS(=O)(=O)OCC)c(C)c2)cc1C. The summed E-state index contributed by atoms with van der Waals surface area (Å²) < 4.78 is 66.3. The molecule has 0 unspecified atom stereocenters. The molecular formula is C21H28O8S2. The molecule has 0 radical (unpaired) electrons. The molecule has 0 saturated carbocycles. The van der Waals surface area contributed by atoms with Crippen LogP contribution in [0, 0.1) is 13.8 Å². The molecule has 0 bridgehead atoms. The lowest BCUT2D eigenvalue weighted by Gasteiger charge is -2.27. The number of rotatable bonds is 10. The Labute approximate surface area is 184 Å². The molecule has 0 aliphatic heterocycles. The average Bonchev–Trinajstić information content (AvgIpc) is 2.64. The predicted molar refractivity (Wildman–Crippen MR) is 117 cm³/mol. The van der Waals surface area contributed by atoms with Crippen molar-refractivity contribution in [3.05, 3.63) is 58.7 Å². The van der Waals surface area contributed by atoms with Crippen LogP contribution in [-0.2, 0) is 34.6 Å². The highest BCUT2D eigenvalue weighted by atomic mass is 32.3. The van der Waals surface area contributed by atoms with E-state index in [4.69, 9.17) is 8.37 Å². The van der Waals surface area contributed by atoms with E-state index in [1.165, 1.54) is 0 Å². The summed E-state index contributed by atoms with van der Waals surface area (Å²) in [5, 5.41) is 0. The Hall–Kier alpha value is -2.14. The van der Waals surface area contributed by atoms with Gasteiger partial charge in [0.15, 0.2) is 0 Å². The topological polar surface area (TPSA) is 105 Å². The summed E-state index contributed by atoms with van der Waals surface area (Å²) in [5.41, 5.74) is 2.63. The van der Waals surface area contributed by atoms with Gasteiger partial charge in [-0.25, -0.2) is 8.37 Å². The van der Waals surface area contributed by atoms with Crippen LogP contribution in [0.4, 0.5) is 0 Å². The second kappa shape index (κ2) is 9.56. The lowest BCUT2D eigenvalue weighted by atomic mass is 9.77. The minimum atomic E-state index is -4.11. The van der Waals surface area contributed by atoms with E-state index in [1.54, 1.807) is 52.0 Å². The van der Waals surface area contributed by atoms with Gasteiger partial charge in [0, 0.05) is 5.41 Å². The molecule has 2 aromatic carbocycles. The molecule has 2 aromatic rings.